The molecule has 2 saturated heterocycles. The topological polar surface area (TPSA) is 82.6 Å². The number of carbonyl (C=O) groups excluding carboxylic acids is 3. The predicted molar refractivity (Wildman–Crippen MR) is 114 cm³/mol. The van der Waals surface area contributed by atoms with Crippen molar-refractivity contribution in [3.8, 4) is 5.75 Å². The Morgan fingerprint density at radius 3 is 2.35 bits per heavy atom. The third-order valence-electron chi connectivity index (χ3n) is 6.07. The van der Waals surface area contributed by atoms with Crippen LogP contribution in [0.3, 0.4) is 0 Å². The largest absolute Gasteiger partial charge is 0.476 e. The van der Waals surface area contributed by atoms with E-state index < -0.39 is 5.60 Å². The van der Waals surface area contributed by atoms with Crippen LogP contribution in [0.4, 0.5) is 5.69 Å². The maximum Gasteiger partial charge on any atom is 0.271 e. The van der Waals surface area contributed by atoms with Crippen LogP contribution in [0.15, 0.2) is 18.2 Å². The number of piperazine rings is 1. The number of carbonyl (C=O) groups is 3. The molecule has 2 fully saturated rings. The third-order valence-corrected chi connectivity index (χ3v) is 6.07. The first-order valence-electron chi connectivity index (χ1n) is 10.7. The van der Waals surface area contributed by atoms with Crippen molar-refractivity contribution >= 4 is 23.4 Å². The molecule has 3 amide bonds. The van der Waals surface area contributed by atoms with E-state index in [9.17, 15) is 14.4 Å². The van der Waals surface area contributed by atoms with Gasteiger partial charge in [-0.15, -0.1) is 0 Å². The quantitative estimate of drug-likeness (QED) is 0.692. The van der Waals surface area contributed by atoms with E-state index in [1.807, 2.05) is 11.9 Å². The zero-order valence-electron chi connectivity index (χ0n) is 18.4. The van der Waals surface area contributed by atoms with Gasteiger partial charge in [0.25, 0.3) is 11.8 Å². The lowest BCUT2D eigenvalue weighted by Crippen LogP contribution is -2.56. The molecule has 31 heavy (non-hydrogen) atoms. The number of nitrogens with zero attached hydrogens (tertiary/aromatic N) is 4. The number of hydrogen-bond acceptors (Lipinski definition) is 6. The Morgan fingerprint density at radius 2 is 1.68 bits per heavy atom. The number of anilines is 1. The molecule has 0 bridgehead atoms. The maximum absolute atomic E-state index is 13.2. The van der Waals surface area contributed by atoms with Crippen LogP contribution in [-0.4, -0.2) is 104 Å². The molecule has 0 aromatic heterocycles. The molecular weight excluding hydrogens is 400 g/mol. The average Bonchev–Trinajstić information content (AvgIpc) is 2.77. The van der Waals surface area contributed by atoms with Crippen LogP contribution in [0.5, 0.6) is 5.75 Å². The van der Waals surface area contributed by atoms with Crippen LogP contribution in [0, 0.1) is 0 Å². The molecule has 1 aromatic rings. The smallest absolute Gasteiger partial charge is 0.271 e. The van der Waals surface area contributed by atoms with Gasteiger partial charge in [-0.05, 0) is 39.1 Å². The van der Waals surface area contributed by atoms with Gasteiger partial charge in [0.15, 0.2) is 5.60 Å². The Labute approximate surface area is 182 Å². The Hall–Kier alpha value is -2.65. The minimum Gasteiger partial charge on any atom is -0.476 e. The number of benzene rings is 1. The van der Waals surface area contributed by atoms with Crippen molar-refractivity contribution in [3.63, 3.8) is 0 Å². The van der Waals surface area contributed by atoms with Gasteiger partial charge in [-0.3, -0.25) is 19.3 Å². The molecule has 9 heteroatoms. The van der Waals surface area contributed by atoms with Crippen LogP contribution in [0.25, 0.3) is 0 Å². The van der Waals surface area contributed by atoms with Gasteiger partial charge in [0.05, 0.1) is 18.9 Å². The van der Waals surface area contributed by atoms with Gasteiger partial charge in [-0.25, -0.2) is 0 Å². The number of hydrogen-bond donors (Lipinski definition) is 0. The molecule has 3 aliphatic heterocycles. The summed E-state index contributed by atoms with van der Waals surface area (Å²) in [5.41, 5.74) is -0.143. The summed E-state index contributed by atoms with van der Waals surface area (Å²) < 4.78 is 11.2. The fourth-order valence-electron chi connectivity index (χ4n) is 4.10. The Bertz CT molecular complexity index is 873. The highest BCUT2D eigenvalue weighted by atomic mass is 16.5. The molecule has 0 unspecified atom stereocenters. The van der Waals surface area contributed by atoms with Crippen molar-refractivity contribution in [2.75, 3.05) is 71.0 Å². The lowest BCUT2D eigenvalue weighted by Gasteiger charge is -2.39. The summed E-state index contributed by atoms with van der Waals surface area (Å²) in [7, 11) is 2.04. The number of fused-ring (bicyclic) bond motifs is 1. The monoisotopic (exact) mass is 430 g/mol. The molecule has 0 saturated carbocycles. The van der Waals surface area contributed by atoms with Crippen LogP contribution in [0.1, 0.15) is 24.2 Å². The first-order valence-corrected chi connectivity index (χ1v) is 10.7. The summed E-state index contributed by atoms with van der Waals surface area (Å²) in [4.78, 5) is 46.3. The molecule has 168 valence electrons. The van der Waals surface area contributed by atoms with Crippen LogP contribution in [0.2, 0.25) is 0 Å². The minimum absolute atomic E-state index is 0.0763. The zero-order chi connectivity index (χ0) is 22.2. The highest BCUT2D eigenvalue weighted by molar-refractivity contribution is 6.07. The average molecular weight is 431 g/mol. The molecule has 0 spiro atoms. The van der Waals surface area contributed by atoms with Crippen molar-refractivity contribution in [2.24, 2.45) is 0 Å². The summed E-state index contributed by atoms with van der Waals surface area (Å²) in [5.74, 6) is -0.0242. The summed E-state index contributed by atoms with van der Waals surface area (Å²) >= 11 is 0. The normalized spacial score (nSPS) is 21.5. The van der Waals surface area contributed by atoms with E-state index in [1.54, 1.807) is 36.9 Å². The standard InChI is InChI=1S/C22H30N4O5/c1-22(2)21(29)26(15-19(27)24-10-12-30-13-11-24)17-14-16(4-5-18(17)31-22)20(28)25-8-6-23(3)7-9-25/h4-5,14H,6-13,15H2,1-3H3. The van der Waals surface area contributed by atoms with E-state index in [-0.39, 0.29) is 24.3 Å². The molecule has 0 radical (unpaired) electrons. The van der Waals surface area contributed by atoms with Crippen molar-refractivity contribution < 1.29 is 23.9 Å². The van der Waals surface area contributed by atoms with Crippen LogP contribution in [-0.2, 0) is 14.3 Å². The van der Waals surface area contributed by atoms with Crippen LogP contribution < -0.4 is 9.64 Å². The fourth-order valence-corrected chi connectivity index (χ4v) is 4.10. The molecule has 0 aliphatic carbocycles. The molecule has 9 nitrogen and oxygen atoms in total. The second-order valence-electron chi connectivity index (χ2n) is 8.77. The van der Waals surface area contributed by atoms with Crippen molar-refractivity contribution in [1.29, 1.82) is 0 Å². The Morgan fingerprint density at radius 1 is 1.00 bits per heavy atom. The molecule has 3 aliphatic rings. The number of amides is 3. The molecule has 0 N–H and O–H groups in total. The van der Waals surface area contributed by atoms with E-state index in [0.29, 0.717) is 56.4 Å². The number of rotatable bonds is 3. The van der Waals surface area contributed by atoms with E-state index in [4.69, 9.17) is 9.47 Å². The number of morpholine rings is 1. The SMILES string of the molecule is CN1CCN(C(=O)c2ccc3c(c2)N(CC(=O)N2CCOCC2)C(=O)C(C)(C)O3)CC1. The molecular formula is C22H30N4O5. The van der Waals surface area contributed by atoms with Gasteiger partial charge in [0, 0.05) is 44.8 Å². The van der Waals surface area contributed by atoms with Gasteiger partial charge in [0.2, 0.25) is 5.91 Å². The first-order chi connectivity index (χ1) is 14.8. The number of ether oxygens (including phenoxy) is 2. The molecule has 1 aromatic carbocycles. The molecule has 0 atom stereocenters. The van der Waals surface area contributed by atoms with Gasteiger partial charge in [-0.1, -0.05) is 0 Å². The Kier molecular flexibility index (Phi) is 5.90. The third kappa shape index (κ3) is 4.38. The summed E-state index contributed by atoms with van der Waals surface area (Å²) in [6.45, 7) is 8.27. The van der Waals surface area contributed by atoms with E-state index in [1.165, 1.54) is 4.90 Å². The maximum atomic E-state index is 13.2. The van der Waals surface area contributed by atoms with Gasteiger partial charge < -0.3 is 24.2 Å². The zero-order valence-corrected chi connectivity index (χ0v) is 18.4. The first kappa shape index (κ1) is 21.6. The second kappa shape index (κ2) is 8.47. The summed E-state index contributed by atoms with van der Waals surface area (Å²) in [5, 5.41) is 0. The minimum atomic E-state index is -1.10. The van der Waals surface area contributed by atoms with E-state index in [0.717, 1.165) is 13.1 Å². The highest BCUT2D eigenvalue weighted by Crippen LogP contribution is 2.38. The van der Waals surface area contributed by atoms with Crippen LogP contribution >= 0.6 is 0 Å². The fraction of sp³-hybridized carbons (Fsp3) is 0.591. The van der Waals surface area contributed by atoms with Crippen molar-refractivity contribution in [2.45, 2.75) is 19.4 Å². The van der Waals surface area contributed by atoms with Gasteiger partial charge >= 0.3 is 0 Å². The van der Waals surface area contributed by atoms with Gasteiger partial charge in [0.1, 0.15) is 12.3 Å². The van der Waals surface area contributed by atoms with Gasteiger partial charge in [-0.2, -0.15) is 0 Å². The number of likely N-dealkylation sites (N-methyl/N-ethyl adjacent to an activating group) is 1. The summed E-state index contributed by atoms with van der Waals surface area (Å²) in [6, 6.07) is 5.13. The Balaban J connectivity index is 1.60. The molecule has 4 rings (SSSR count). The van der Waals surface area contributed by atoms with Crippen molar-refractivity contribution in [3.05, 3.63) is 23.8 Å². The lowest BCUT2D eigenvalue weighted by atomic mass is 10.0. The second-order valence-corrected chi connectivity index (χ2v) is 8.77. The van der Waals surface area contributed by atoms with E-state index >= 15 is 0 Å². The van der Waals surface area contributed by atoms with E-state index in [2.05, 4.69) is 4.90 Å². The summed E-state index contributed by atoms with van der Waals surface area (Å²) in [6.07, 6.45) is 0. The van der Waals surface area contributed by atoms with Crippen molar-refractivity contribution in [1.82, 2.24) is 14.7 Å². The highest BCUT2D eigenvalue weighted by Gasteiger charge is 2.42. The lowest BCUT2D eigenvalue weighted by molar-refractivity contribution is -0.138. The predicted octanol–water partition coefficient (Wildman–Crippen LogP) is 0.437. The molecule has 3 heterocycles.